The lowest BCUT2D eigenvalue weighted by atomic mass is 10.1. The molecule has 1 aliphatic heterocycles. The summed E-state index contributed by atoms with van der Waals surface area (Å²) in [6.45, 7) is 3.83. The summed E-state index contributed by atoms with van der Waals surface area (Å²) in [5, 5.41) is 3.43. The summed E-state index contributed by atoms with van der Waals surface area (Å²) >= 11 is 0. The summed E-state index contributed by atoms with van der Waals surface area (Å²) in [7, 11) is 0. The van der Waals surface area contributed by atoms with E-state index in [1.54, 1.807) is 19.1 Å². The number of ether oxygens (including phenoxy) is 1. The summed E-state index contributed by atoms with van der Waals surface area (Å²) in [5.41, 5.74) is 0.907. The van der Waals surface area contributed by atoms with Gasteiger partial charge < -0.3 is 15.0 Å². The SMILES string of the molecule is CC(Oc1ccccc1)C(=O)N(Cc1ccc(F)cc1)C[C@H]1CCCN1. The fourth-order valence-corrected chi connectivity index (χ4v) is 3.23. The molecular weight excluding hydrogens is 331 g/mol. The Hall–Kier alpha value is -2.40. The van der Waals surface area contributed by atoms with E-state index in [0.29, 0.717) is 24.9 Å². The molecule has 1 saturated heterocycles. The smallest absolute Gasteiger partial charge is 0.263 e. The van der Waals surface area contributed by atoms with E-state index in [4.69, 9.17) is 4.74 Å². The molecule has 0 bridgehead atoms. The second kappa shape index (κ2) is 8.81. The lowest BCUT2D eigenvalue weighted by Gasteiger charge is -2.29. The predicted octanol–water partition coefficient (Wildman–Crippen LogP) is 3.37. The van der Waals surface area contributed by atoms with Crippen molar-refractivity contribution in [2.45, 2.75) is 38.5 Å². The molecule has 1 amide bonds. The lowest BCUT2D eigenvalue weighted by Crippen LogP contribution is -2.45. The van der Waals surface area contributed by atoms with Gasteiger partial charge in [0.15, 0.2) is 6.10 Å². The summed E-state index contributed by atoms with van der Waals surface area (Å²) < 4.78 is 19.0. The Bertz CT molecular complexity index is 700. The van der Waals surface area contributed by atoms with Crippen LogP contribution in [0.3, 0.4) is 0 Å². The van der Waals surface area contributed by atoms with Crippen LogP contribution in [0.2, 0.25) is 0 Å². The second-order valence-corrected chi connectivity index (χ2v) is 6.71. The monoisotopic (exact) mass is 356 g/mol. The first-order valence-electron chi connectivity index (χ1n) is 9.10. The van der Waals surface area contributed by atoms with E-state index in [1.807, 2.05) is 35.2 Å². The van der Waals surface area contributed by atoms with Crippen LogP contribution in [0.1, 0.15) is 25.3 Å². The lowest BCUT2D eigenvalue weighted by molar-refractivity contribution is -0.139. The van der Waals surface area contributed by atoms with Crippen LogP contribution in [-0.2, 0) is 11.3 Å². The Morgan fingerprint density at radius 3 is 2.62 bits per heavy atom. The minimum atomic E-state index is -0.584. The van der Waals surface area contributed by atoms with Crippen molar-refractivity contribution >= 4 is 5.91 Å². The van der Waals surface area contributed by atoms with Gasteiger partial charge in [-0.05, 0) is 56.1 Å². The molecule has 0 saturated carbocycles. The molecule has 1 unspecified atom stereocenters. The molecule has 4 nitrogen and oxygen atoms in total. The predicted molar refractivity (Wildman–Crippen MR) is 99.4 cm³/mol. The molecule has 0 spiro atoms. The van der Waals surface area contributed by atoms with Gasteiger partial charge in [-0.15, -0.1) is 0 Å². The topological polar surface area (TPSA) is 41.6 Å². The van der Waals surface area contributed by atoms with Crippen molar-refractivity contribution in [1.29, 1.82) is 0 Å². The third-order valence-electron chi connectivity index (χ3n) is 4.61. The number of carbonyl (C=O) groups excluding carboxylic acids is 1. The normalized spacial score (nSPS) is 17.7. The highest BCUT2D eigenvalue weighted by molar-refractivity contribution is 5.81. The van der Waals surface area contributed by atoms with E-state index in [9.17, 15) is 9.18 Å². The number of hydrogen-bond acceptors (Lipinski definition) is 3. The number of nitrogens with zero attached hydrogens (tertiary/aromatic N) is 1. The average molecular weight is 356 g/mol. The zero-order chi connectivity index (χ0) is 18.4. The quantitative estimate of drug-likeness (QED) is 0.827. The maximum absolute atomic E-state index is 13.2. The molecule has 1 heterocycles. The van der Waals surface area contributed by atoms with E-state index in [2.05, 4.69) is 5.32 Å². The highest BCUT2D eigenvalue weighted by atomic mass is 19.1. The number of para-hydroxylation sites is 1. The Labute approximate surface area is 154 Å². The molecule has 5 heteroatoms. The van der Waals surface area contributed by atoms with Crippen LogP contribution in [0.25, 0.3) is 0 Å². The highest BCUT2D eigenvalue weighted by Crippen LogP contribution is 2.16. The number of halogens is 1. The number of nitrogens with one attached hydrogen (secondary N) is 1. The maximum atomic E-state index is 13.2. The van der Waals surface area contributed by atoms with Crippen molar-refractivity contribution in [3.05, 3.63) is 66.0 Å². The Kier molecular flexibility index (Phi) is 6.23. The standard InChI is InChI=1S/C21H25FN2O2/c1-16(26-20-7-3-2-4-8-20)21(25)24(15-19-6-5-13-23-19)14-17-9-11-18(22)12-10-17/h2-4,7-12,16,19,23H,5-6,13-15H2,1H3/t16?,19-/m1/s1. The molecule has 2 atom stereocenters. The van der Waals surface area contributed by atoms with Crippen LogP contribution in [0.4, 0.5) is 4.39 Å². The van der Waals surface area contributed by atoms with Gasteiger partial charge in [-0.2, -0.15) is 0 Å². The molecule has 138 valence electrons. The van der Waals surface area contributed by atoms with Gasteiger partial charge in [-0.25, -0.2) is 4.39 Å². The largest absolute Gasteiger partial charge is 0.481 e. The number of rotatable bonds is 7. The Morgan fingerprint density at radius 1 is 1.23 bits per heavy atom. The Morgan fingerprint density at radius 2 is 1.96 bits per heavy atom. The van der Waals surface area contributed by atoms with E-state index in [1.165, 1.54) is 12.1 Å². The molecule has 1 aliphatic rings. The van der Waals surface area contributed by atoms with Crippen molar-refractivity contribution in [2.24, 2.45) is 0 Å². The Balaban J connectivity index is 1.70. The molecule has 1 fully saturated rings. The molecular formula is C21H25FN2O2. The van der Waals surface area contributed by atoms with Crippen molar-refractivity contribution < 1.29 is 13.9 Å². The molecule has 1 N–H and O–H groups in total. The average Bonchev–Trinajstić information content (AvgIpc) is 3.16. The molecule has 0 aliphatic carbocycles. The highest BCUT2D eigenvalue weighted by Gasteiger charge is 2.26. The first-order chi connectivity index (χ1) is 12.6. The zero-order valence-corrected chi connectivity index (χ0v) is 15.0. The summed E-state index contributed by atoms with van der Waals surface area (Å²) in [6.07, 6.45) is 1.60. The van der Waals surface area contributed by atoms with Crippen LogP contribution in [0.15, 0.2) is 54.6 Å². The first-order valence-corrected chi connectivity index (χ1v) is 9.10. The molecule has 2 aromatic carbocycles. The number of hydrogen-bond donors (Lipinski definition) is 1. The van der Waals surface area contributed by atoms with Crippen molar-refractivity contribution in [3.8, 4) is 5.75 Å². The third-order valence-corrected chi connectivity index (χ3v) is 4.61. The van der Waals surface area contributed by atoms with E-state index >= 15 is 0 Å². The maximum Gasteiger partial charge on any atom is 0.263 e. The van der Waals surface area contributed by atoms with Gasteiger partial charge in [0, 0.05) is 19.1 Å². The van der Waals surface area contributed by atoms with E-state index in [0.717, 1.165) is 24.9 Å². The van der Waals surface area contributed by atoms with Gasteiger partial charge >= 0.3 is 0 Å². The van der Waals surface area contributed by atoms with Gasteiger partial charge in [-0.1, -0.05) is 30.3 Å². The van der Waals surface area contributed by atoms with Crippen LogP contribution < -0.4 is 10.1 Å². The van der Waals surface area contributed by atoms with Crippen molar-refractivity contribution in [2.75, 3.05) is 13.1 Å². The van der Waals surface area contributed by atoms with Gasteiger partial charge in [0.2, 0.25) is 0 Å². The van der Waals surface area contributed by atoms with Crippen molar-refractivity contribution in [1.82, 2.24) is 10.2 Å². The minimum Gasteiger partial charge on any atom is -0.481 e. The van der Waals surface area contributed by atoms with E-state index < -0.39 is 6.10 Å². The minimum absolute atomic E-state index is 0.0631. The van der Waals surface area contributed by atoms with Crippen LogP contribution in [-0.4, -0.2) is 36.0 Å². The number of amides is 1. The van der Waals surface area contributed by atoms with Gasteiger partial charge in [-0.3, -0.25) is 4.79 Å². The first kappa shape index (κ1) is 18.4. The van der Waals surface area contributed by atoms with Crippen molar-refractivity contribution in [3.63, 3.8) is 0 Å². The van der Waals surface area contributed by atoms with Gasteiger partial charge in [0.25, 0.3) is 5.91 Å². The summed E-state index contributed by atoms with van der Waals surface area (Å²) in [6, 6.07) is 15.9. The summed E-state index contributed by atoms with van der Waals surface area (Å²) in [4.78, 5) is 14.8. The summed E-state index contributed by atoms with van der Waals surface area (Å²) in [5.74, 6) is 0.339. The fraction of sp³-hybridized carbons (Fsp3) is 0.381. The second-order valence-electron chi connectivity index (χ2n) is 6.71. The van der Waals surface area contributed by atoms with Gasteiger partial charge in [0.1, 0.15) is 11.6 Å². The molecule has 0 radical (unpaired) electrons. The number of benzene rings is 2. The fourth-order valence-electron chi connectivity index (χ4n) is 3.23. The molecule has 3 rings (SSSR count). The van der Waals surface area contributed by atoms with Gasteiger partial charge in [0.05, 0.1) is 0 Å². The molecule has 26 heavy (non-hydrogen) atoms. The third kappa shape index (κ3) is 5.05. The molecule has 0 aromatic heterocycles. The van der Waals surface area contributed by atoms with E-state index in [-0.39, 0.29) is 11.7 Å². The zero-order valence-electron chi connectivity index (χ0n) is 15.0. The van der Waals surface area contributed by atoms with Crippen LogP contribution >= 0.6 is 0 Å². The van der Waals surface area contributed by atoms with Crippen LogP contribution in [0, 0.1) is 5.82 Å². The van der Waals surface area contributed by atoms with Crippen LogP contribution in [0.5, 0.6) is 5.75 Å². The number of carbonyl (C=O) groups is 1. The molecule has 2 aromatic rings.